The van der Waals surface area contributed by atoms with E-state index in [1.165, 1.54) is 100 Å². The first-order chi connectivity index (χ1) is 33.3. The van der Waals surface area contributed by atoms with Crippen LogP contribution in [0.4, 0.5) is 34.1 Å². The van der Waals surface area contributed by atoms with E-state index >= 15 is 0 Å². The number of para-hydroxylation sites is 4. The van der Waals surface area contributed by atoms with Crippen LogP contribution in [0.15, 0.2) is 186 Å². The summed E-state index contributed by atoms with van der Waals surface area (Å²) in [6.07, 6.45) is 0. The number of aromatic nitrogens is 1. The Morgan fingerprint density at radius 1 is 0.406 bits per heavy atom. The van der Waals surface area contributed by atoms with Crippen LogP contribution >= 0.6 is 0 Å². The Kier molecular flexibility index (Phi) is 8.93. The van der Waals surface area contributed by atoms with Crippen LogP contribution in [0.25, 0.3) is 60.6 Å². The van der Waals surface area contributed by atoms with Crippen molar-refractivity contribution in [1.82, 2.24) is 4.57 Å². The minimum absolute atomic E-state index is 0.0350. The first kappa shape index (κ1) is 41.4. The van der Waals surface area contributed by atoms with Gasteiger partial charge in [-0.25, -0.2) is 0 Å². The van der Waals surface area contributed by atoms with E-state index in [4.69, 9.17) is 4.42 Å². The fourth-order valence-corrected chi connectivity index (χ4v) is 11.6. The predicted molar refractivity (Wildman–Crippen MR) is 294 cm³/mol. The van der Waals surface area contributed by atoms with Crippen LogP contribution in [-0.4, -0.2) is 11.3 Å². The molecule has 9 aromatic carbocycles. The van der Waals surface area contributed by atoms with Crippen LogP contribution in [0.5, 0.6) is 0 Å². The van der Waals surface area contributed by atoms with E-state index in [1.54, 1.807) is 0 Å². The molecule has 0 bridgehead atoms. The van der Waals surface area contributed by atoms with Gasteiger partial charge < -0.3 is 18.8 Å². The summed E-state index contributed by atoms with van der Waals surface area (Å²) in [6.45, 7) is 18.6. The van der Waals surface area contributed by atoms with E-state index in [2.05, 4.69) is 240 Å². The topological polar surface area (TPSA) is 24.6 Å². The zero-order valence-electron chi connectivity index (χ0n) is 40.6. The molecular weight excluding hydrogens is 838 g/mol. The molecule has 2 aromatic heterocycles. The summed E-state index contributed by atoms with van der Waals surface area (Å²) < 4.78 is 8.69. The fourth-order valence-electron chi connectivity index (χ4n) is 11.6. The van der Waals surface area contributed by atoms with Crippen molar-refractivity contribution in [3.05, 3.63) is 204 Å². The predicted octanol–water partition coefficient (Wildman–Crippen LogP) is 15.6. The summed E-state index contributed by atoms with van der Waals surface area (Å²) in [4.78, 5) is 5.20. The standard InChI is InChI=1S/C64H54BN3O/c1-39-17-16-18-40(2)62(39)68-56-38-55-49(47-21-12-14-23-53(47)66(55)45-19-10-9-11-20-45)37-52(56)65-51-34-43(63(3,4)5)28-31-54(51)67(57-35-44(64(6,7)8)36-58(68)61(57)65)46-29-25-41(26-30-46)42-27-32-60-50(33-42)48-22-13-15-24-59(48)69-60/h9-38H,1-8H3. The number of hydrogen-bond donors (Lipinski definition) is 0. The summed E-state index contributed by atoms with van der Waals surface area (Å²) in [7, 11) is 0. The Balaban J connectivity index is 1.11. The van der Waals surface area contributed by atoms with Crippen molar-refractivity contribution in [2.24, 2.45) is 0 Å². The fraction of sp³-hybridized carbons (Fsp3) is 0.156. The van der Waals surface area contributed by atoms with Gasteiger partial charge in [0.05, 0.1) is 16.7 Å². The number of fused-ring (bicyclic) bond motifs is 10. The minimum atomic E-state index is -0.140. The number of anilines is 6. The van der Waals surface area contributed by atoms with Crippen molar-refractivity contribution < 1.29 is 4.42 Å². The molecule has 0 atom stereocenters. The molecule has 13 rings (SSSR count). The summed E-state index contributed by atoms with van der Waals surface area (Å²) >= 11 is 0. The average molecular weight is 892 g/mol. The number of furan rings is 1. The lowest BCUT2D eigenvalue weighted by molar-refractivity contribution is 0.590. The molecule has 4 heterocycles. The second-order valence-corrected chi connectivity index (χ2v) is 21.5. The summed E-state index contributed by atoms with van der Waals surface area (Å²) in [5.74, 6) is 0. The van der Waals surface area contributed by atoms with Gasteiger partial charge in [0.15, 0.2) is 0 Å². The lowest BCUT2D eigenvalue weighted by Gasteiger charge is -2.46. The summed E-state index contributed by atoms with van der Waals surface area (Å²) in [5.41, 5.74) is 23.9. The molecule has 69 heavy (non-hydrogen) atoms. The first-order valence-corrected chi connectivity index (χ1v) is 24.5. The smallest absolute Gasteiger partial charge is 0.252 e. The van der Waals surface area contributed by atoms with Gasteiger partial charge in [-0.05, 0) is 147 Å². The van der Waals surface area contributed by atoms with Crippen molar-refractivity contribution in [3.8, 4) is 16.8 Å². The molecule has 0 aliphatic carbocycles. The van der Waals surface area contributed by atoms with E-state index in [-0.39, 0.29) is 17.5 Å². The number of nitrogens with zero attached hydrogens (tertiary/aromatic N) is 3. The van der Waals surface area contributed by atoms with E-state index in [1.807, 2.05) is 12.1 Å². The molecule has 5 heteroatoms. The van der Waals surface area contributed by atoms with E-state index < -0.39 is 0 Å². The van der Waals surface area contributed by atoms with E-state index in [0.717, 1.165) is 33.3 Å². The van der Waals surface area contributed by atoms with Gasteiger partial charge in [-0.3, -0.25) is 0 Å². The van der Waals surface area contributed by atoms with Crippen LogP contribution < -0.4 is 26.2 Å². The third kappa shape index (κ3) is 6.29. The van der Waals surface area contributed by atoms with Crippen LogP contribution in [0.3, 0.4) is 0 Å². The van der Waals surface area contributed by atoms with Gasteiger partial charge in [-0.2, -0.15) is 0 Å². The quantitative estimate of drug-likeness (QED) is 0.165. The van der Waals surface area contributed by atoms with Crippen LogP contribution in [0.1, 0.15) is 63.8 Å². The van der Waals surface area contributed by atoms with Crippen LogP contribution in [-0.2, 0) is 10.8 Å². The highest BCUT2D eigenvalue weighted by Gasteiger charge is 2.45. The van der Waals surface area contributed by atoms with Gasteiger partial charge in [0.25, 0.3) is 6.71 Å². The van der Waals surface area contributed by atoms with Crippen molar-refractivity contribution >= 4 is 101 Å². The molecule has 0 unspecified atom stereocenters. The molecule has 0 N–H and O–H groups in total. The second-order valence-electron chi connectivity index (χ2n) is 21.5. The maximum absolute atomic E-state index is 6.22. The highest BCUT2D eigenvalue weighted by atomic mass is 16.3. The lowest BCUT2D eigenvalue weighted by atomic mass is 9.33. The molecular formula is C64H54BN3O. The van der Waals surface area contributed by atoms with Gasteiger partial charge >= 0.3 is 0 Å². The molecule has 334 valence electrons. The van der Waals surface area contributed by atoms with Gasteiger partial charge in [0, 0.05) is 55.7 Å². The number of rotatable bonds is 4. The molecule has 2 aliphatic rings. The zero-order chi connectivity index (χ0) is 47.1. The van der Waals surface area contributed by atoms with Crippen LogP contribution in [0, 0.1) is 13.8 Å². The van der Waals surface area contributed by atoms with Crippen molar-refractivity contribution in [3.63, 3.8) is 0 Å². The molecule has 0 saturated heterocycles. The normalized spacial score (nSPS) is 13.4. The van der Waals surface area contributed by atoms with Gasteiger partial charge in [-0.1, -0.05) is 151 Å². The Morgan fingerprint density at radius 3 is 1.78 bits per heavy atom. The van der Waals surface area contributed by atoms with Crippen molar-refractivity contribution in [1.29, 1.82) is 0 Å². The Hall–Kier alpha value is -7.76. The Morgan fingerprint density at radius 2 is 1.04 bits per heavy atom. The maximum atomic E-state index is 6.22. The molecule has 0 amide bonds. The monoisotopic (exact) mass is 891 g/mol. The second kappa shape index (κ2) is 14.9. The van der Waals surface area contributed by atoms with Crippen LogP contribution in [0.2, 0.25) is 0 Å². The molecule has 0 saturated carbocycles. The molecule has 0 spiro atoms. The third-order valence-electron chi connectivity index (χ3n) is 15.1. The highest BCUT2D eigenvalue weighted by Crippen LogP contribution is 2.49. The number of benzene rings is 9. The van der Waals surface area contributed by atoms with Crippen molar-refractivity contribution in [2.45, 2.75) is 66.2 Å². The highest BCUT2D eigenvalue weighted by molar-refractivity contribution is 7.00. The Bertz CT molecular complexity index is 3880. The van der Waals surface area contributed by atoms with Gasteiger partial charge in [-0.15, -0.1) is 0 Å². The maximum Gasteiger partial charge on any atom is 0.252 e. The number of hydrogen-bond acceptors (Lipinski definition) is 3. The summed E-state index contributed by atoms with van der Waals surface area (Å²) in [6, 6.07) is 68.1. The molecule has 0 radical (unpaired) electrons. The summed E-state index contributed by atoms with van der Waals surface area (Å²) in [5, 5.41) is 4.80. The number of aryl methyl sites for hydroxylation is 2. The van der Waals surface area contributed by atoms with Crippen molar-refractivity contribution in [2.75, 3.05) is 9.80 Å². The Labute approximate surface area is 405 Å². The average Bonchev–Trinajstić information content (AvgIpc) is 3.88. The molecule has 0 fully saturated rings. The van der Waals surface area contributed by atoms with Gasteiger partial charge in [0.2, 0.25) is 0 Å². The third-order valence-corrected chi connectivity index (χ3v) is 15.1. The largest absolute Gasteiger partial charge is 0.456 e. The van der Waals surface area contributed by atoms with E-state index in [9.17, 15) is 0 Å². The minimum Gasteiger partial charge on any atom is -0.456 e. The molecule has 2 aliphatic heterocycles. The molecule has 4 nitrogen and oxygen atoms in total. The molecule has 11 aromatic rings. The van der Waals surface area contributed by atoms with Gasteiger partial charge in [0.1, 0.15) is 11.2 Å². The lowest BCUT2D eigenvalue weighted by Crippen LogP contribution is -2.61. The first-order valence-electron chi connectivity index (χ1n) is 24.5. The van der Waals surface area contributed by atoms with E-state index in [0.29, 0.717) is 0 Å². The SMILES string of the molecule is Cc1cccc(C)c1N1c2cc3c(cc2B2c4cc(C(C)(C)C)ccc4N(c4ccc(-c5ccc6oc7ccccc7c6c5)cc4)c4cc(C(C)(C)C)cc1c42)c1ccccc1n3-c1ccccc1. The zero-order valence-corrected chi connectivity index (χ0v) is 40.6.